The molecule has 0 atom stereocenters. The summed E-state index contributed by atoms with van der Waals surface area (Å²) in [6.07, 6.45) is -4.52. The molecular formula is C17H13Cl2F4N5O. The number of nitrogens with one attached hydrogen (secondary N) is 1. The second kappa shape index (κ2) is 8.83. The zero-order valence-corrected chi connectivity index (χ0v) is 16.0. The fourth-order valence-electron chi connectivity index (χ4n) is 2.54. The van der Waals surface area contributed by atoms with Crippen LogP contribution in [0.5, 0.6) is 0 Å². The topological polar surface area (TPSA) is 64.7 Å². The summed E-state index contributed by atoms with van der Waals surface area (Å²) >= 11 is 12.2. The lowest BCUT2D eigenvalue weighted by molar-refractivity contribution is -0.117. The maximum atomic E-state index is 13.0. The zero-order chi connectivity index (χ0) is 21.1. The van der Waals surface area contributed by atoms with Gasteiger partial charge in [0.05, 0.1) is 6.54 Å². The van der Waals surface area contributed by atoms with E-state index in [1.54, 1.807) is 24.4 Å². The van der Waals surface area contributed by atoms with E-state index in [2.05, 4.69) is 15.5 Å². The van der Waals surface area contributed by atoms with E-state index in [9.17, 15) is 22.4 Å². The number of aromatic nitrogens is 4. The van der Waals surface area contributed by atoms with Crippen LogP contribution >= 0.6 is 23.2 Å². The molecule has 1 aromatic carbocycles. The van der Waals surface area contributed by atoms with Crippen molar-refractivity contribution < 1.29 is 22.4 Å². The minimum Gasteiger partial charge on any atom is -0.308 e. The first kappa shape index (κ1) is 21.1. The predicted molar refractivity (Wildman–Crippen MR) is 98.6 cm³/mol. The van der Waals surface area contributed by atoms with Gasteiger partial charge in [-0.2, -0.15) is 10.2 Å². The van der Waals surface area contributed by atoms with Crippen LogP contribution in [0.1, 0.15) is 29.8 Å². The summed E-state index contributed by atoms with van der Waals surface area (Å²) in [6.45, 7) is -0.434. The largest absolute Gasteiger partial charge is 0.308 e. The van der Waals surface area contributed by atoms with E-state index in [1.807, 2.05) is 0 Å². The fourth-order valence-corrected chi connectivity index (χ4v) is 3.06. The molecule has 2 heterocycles. The van der Waals surface area contributed by atoms with E-state index in [-0.39, 0.29) is 12.4 Å². The number of rotatable bonds is 7. The number of benzene rings is 1. The maximum Gasteiger partial charge on any atom is 0.282 e. The molecular weight excluding hydrogens is 437 g/mol. The van der Waals surface area contributed by atoms with E-state index in [4.69, 9.17) is 23.2 Å². The minimum absolute atomic E-state index is 0.137. The first-order valence-corrected chi connectivity index (χ1v) is 8.90. The van der Waals surface area contributed by atoms with Gasteiger partial charge >= 0.3 is 0 Å². The van der Waals surface area contributed by atoms with Gasteiger partial charge in [-0.05, 0) is 18.2 Å². The number of anilines is 1. The molecule has 1 amide bonds. The molecule has 0 unspecified atom stereocenters. The molecule has 0 bridgehead atoms. The third kappa shape index (κ3) is 5.07. The van der Waals surface area contributed by atoms with Crippen molar-refractivity contribution in [2.24, 2.45) is 0 Å². The number of carbonyl (C=O) groups excluding carboxylic acids is 1. The van der Waals surface area contributed by atoms with E-state index >= 15 is 0 Å². The summed E-state index contributed by atoms with van der Waals surface area (Å²) in [5.74, 6) is -0.616. The normalized spacial score (nSPS) is 11.4. The summed E-state index contributed by atoms with van der Waals surface area (Å²) in [5.41, 5.74) is -0.960. The Morgan fingerprint density at radius 3 is 2.38 bits per heavy atom. The third-order valence-electron chi connectivity index (χ3n) is 3.86. The molecule has 0 aliphatic heterocycles. The summed E-state index contributed by atoms with van der Waals surface area (Å²) in [6, 6.07) is 7.10. The van der Waals surface area contributed by atoms with Gasteiger partial charge in [-0.15, -0.1) is 0 Å². The average Bonchev–Trinajstić information content (AvgIpc) is 3.25. The molecule has 0 saturated carbocycles. The van der Waals surface area contributed by atoms with Crippen LogP contribution in [-0.2, 0) is 17.9 Å². The van der Waals surface area contributed by atoms with Gasteiger partial charge in [-0.25, -0.2) is 17.6 Å². The van der Waals surface area contributed by atoms with Gasteiger partial charge in [0, 0.05) is 27.9 Å². The molecule has 154 valence electrons. The number of hydrogen-bond donors (Lipinski definition) is 1. The fraction of sp³-hybridized carbons (Fsp3) is 0.235. The second-order valence-electron chi connectivity index (χ2n) is 5.90. The van der Waals surface area contributed by atoms with Crippen LogP contribution in [0.15, 0.2) is 36.5 Å². The van der Waals surface area contributed by atoms with Crippen molar-refractivity contribution in [2.75, 3.05) is 5.32 Å². The molecule has 29 heavy (non-hydrogen) atoms. The number of hydrogen-bond acceptors (Lipinski definition) is 3. The number of amides is 1. The van der Waals surface area contributed by atoms with Crippen molar-refractivity contribution in [1.29, 1.82) is 0 Å². The highest BCUT2D eigenvalue weighted by Crippen LogP contribution is 2.26. The monoisotopic (exact) mass is 449 g/mol. The van der Waals surface area contributed by atoms with Gasteiger partial charge < -0.3 is 5.32 Å². The number of carbonyl (C=O) groups is 1. The van der Waals surface area contributed by atoms with Crippen molar-refractivity contribution in [3.63, 3.8) is 0 Å². The van der Waals surface area contributed by atoms with Gasteiger partial charge in [-0.1, -0.05) is 29.3 Å². The quantitative estimate of drug-likeness (QED) is 0.519. The molecule has 0 spiro atoms. The van der Waals surface area contributed by atoms with E-state index < -0.39 is 36.7 Å². The van der Waals surface area contributed by atoms with Crippen LogP contribution in [0.2, 0.25) is 10.0 Å². The molecule has 6 nitrogen and oxygen atoms in total. The van der Waals surface area contributed by atoms with Crippen molar-refractivity contribution in [1.82, 2.24) is 19.6 Å². The number of nitrogens with zero attached hydrogens (tertiary/aromatic N) is 4. The van der Waals surface area contributed by atoms with Crippen molar-refractivity contribution in [3.05, 3.63) is 63.5 Å². The van der Waals surface area contributed by atoms with Crippen LogP contribution in [0, 0.1) is 0 Å². The first-order chi connectivity index (χ1) is 13.7. The Hall–Kier alpha value is -2.59. The Bertz CT molecular complexity index is 1000. The molecule has 12 heteroatoms. The third-order valence-corrected chi connectivity index (χ3v) is 4.57. The van der Waals surface area contributed by atoms with Crippen molar-refractivity contribution in [3.8, 4) is 0 Å². The Balaban J connectivity index is 1.68. The van der Waals surface area contributed by atoms with E-state index in [0.717, 1.165) is 0 Å². The zero-order valence-electron chi connectivity index (χ0n) is 14.5. The molecule has 3 aromatic rings. The Labute approximate surface area is 172 Å². The highest BCUT2D eigenvalue weighted by atomic mass is 35.5. The summed E-state index contributed by atoms with van der Waals surface area (Å²) in [5, 5.41) is 10.8. The summed E-state index contributed by atoms with van der Waals surface area (Å²) < 4.78 is 53.4. The average molecular weight is 450 g/mol. The minimum atomic E-state index is -3.05. The van der Waals surface area contributed by atoms with Crippen molar-refractivity contribution >= 4 is 34.9 Å². The number of alkyl halides is 4. The lowest BCUT2D eigenvalue weighted by Crippen LogP contribution is -2.21. The van der Waals surface area contributed by atoms with Gasteiger partial charge in [0.2, 0.25) is 5.91 Å². The van der Waals surface area contributed by atoms with Crippen LogP contribution < -0.4 is 5.32 Å². The SMILES string of the molecule is O=C(Cn1nc(C(F)F)cc1C(F)F)Nc1ccn(Cc2c(Cl)cccc2Cl)n1. The molecule has 0 fully saturated rings. The Morgan fingerprint density at radius 1 is 1.07 bits per heavy atom. The highest BCUT2D eigenvalue weighted by molar-refractivity contribution is 6.35. The van der Waals surface area contributed by atoms with Crippen LogP contribution in [-0.4, -0.2) is 25.5 Å². The maximum absolute atomic E-state index is 13.0. The second-order valence-corrected chi connectivity index (χ2v) is 6.71. The number of halogens is 6. The summed E-state index contributed by atoms with van der Waals surface area (Å²) in [4.78, 5) is 12.1. The van der Waals surface area contributed by atoms with Crippen molar-refractivity contribution in [2.45, 2.75) is 25.9 Å². The lowest BCUT2D eigenvalue weighted by Gasteiger charge is -2.08. The van der Waals surface area contributed by atoms with Crippen LogP contribution in [0.25, 0.3) is 0 Å². The van der Waals surface area contributed by atoms with Crippen LogP contribution in [0.4, 0.5) is 23.4 Å². The molecule has 3 rings (SSSR count). The van der Waals surface area contributed by atoms with Crippen LogP contribution in [0.3, 0.4) is 0 Å². The van der Waals surface area contributed by atoms with Gasteiger partial charge in [0.15, 0.2) is 5.82 Å². The van der Waals surface area contributed by atoms with E-state index in [0.29, 0.717) is 26.4 Å². The van der Waals surface area contributed by atoms with Gasteiger partial charge in [0.25, 0.3) is 12.9 Å². The molecule has 0 aliphatic carbocycles. The molecule has 2 aromatic heterocycles. The smallest absolute Gasteiger partial charge is 0.282 e. The van der Waals surface area contributed by atoms with Gasteiger partial charge in [0.1, 0.15) is 17.9 Å². The first-order valence-electron chi connectivity index (χ1n) is 8.14. The summed E-state index contributed by atoms with van der Waals surface area (Å²) in [7, 11) is 0. The Kier molecular flexibility index (Phi) is 6.43. The lowest BCUT2D eigenvalue weighted by atomic mass is 10.2. The van der Waals surface area contributed by atoms with E-state index in [1.165, 1.54) is 10.7 Å². The van der Waals surface area contributed by atoms with Gasteiger partial charge in [-0.3, -0.25) is 14.2 Å². The molecule has 0 aliphatic rings. The predicted octanol–water partition coefficient (Wildman–Crippen LogP) is 4.95. The molecule has 0 saturated heterocycles. The highest BCUT2D eigenvalue weighted by Gasteiger charge is 2.22. The molecule has 1 N–H and O–H groups in total. The Morgan fingerprint density at radius 2 is 1.76 bits per heavy atom. The standard InChI is InChI=1S/C17H13Cl2F4N5O/c18-10-2-1-3-11(19)9(10)7-27-5-4-14(26-27)24-15(29)8-28-13(17(22)23)6-12(25-28)16(20)21/h1-6,16-17H,7-8H2,(H,24,26,29). The molecule has 0 radical (unpaired) electrons.